The molecular formula is C15H30N2O2S. The highest BCUT2D eigenvalue weighted by atomic mass is 32.2. The number of hydrogen-bond acceptors (Lipinski definition) is 4. The zero-order chi connectivity index (χ0) is 15.2. The van der Waals surface area contributed by atoms with Crippen LogP contribution in [0.15, 0.2) is 0 Å². The summed E-state index contributed by atoms with van der Waals surface area (Å²) in [6.45, 7) is 8.34. The van der Waals surface area contributed by atoms with E-state index in [0.717, 1.165) is 5.25 Å². The van der Waals surface area contributed by atoms with Crippen molar-refractivity contribution in [3.63, 3.8) is 0 Å². The van der Waals surface area contributed by atoms with Crippen molar-refractivity contribution in [2.45, 2.75) is 76.3 Å². The van der Waals surface area contributed by atoms with Gasteiger partial charge in [-0.25, -0.2) is 4.79 Å². The number of carbonyl (C=O) groups is 1. The van der Waals surface area contributed by atoms with E-state index in [4.69, 9.17) is 4.74 Å². The minimum atomic E-state index is -0.435. The summed E-state index contributed by atoms with van der Waals surface area (Å²) in [7, 11) is 0. The zero-order valence-electron chi connectivity index (χ0n) is 13.5. The van der Waals surface area contributed by atoms with Crippen LogP contribution in [0, 0.1) is 0 Å². The third-order valence-corrected chi connectivity index (χ3v) is 4.53. The van der Waals surface area contributed by atoms with Crippen LogP contribution in [0.3, 0.4) is 0 Å². The van der Waals surface area contributed by atoms with Gasteiger partial charge in [0.25, 0.3) is 0 Å². The molecule has 1 aliphatic carbocycles. The second-order valence-corrected chi connectivity index (χ2v) is 7.81. The molecule has 5 heteroatoms. The minimum absolute atomic E-state index is 0.271. The molecule has 20 heavy (non-hydrogen) atoms. The summed E-state index contributed by atoms with van der Waals surface area (Å²) in [5, 5.41) is 7.23. The number of hydrogen-bond donors (Lipinski definition) is 2. The first-order valence-corrected chi connectivity index (χ1v) is 8.84. The molecule has 3 atom stereocenters. The van der Waals surface area contributed by atoms with Crippen LogP contribution in [-0.4, -0.2) is 41.8 Å². The van der Waals surface area contributed by atoms with Gasteiger partial charge in [0.2, 0.25) is 0 Å². The van der Waals surface area contributed by atoms with Gasteiger partial charge in [-0.1, -0.05) is 6.42 Å². The molecule has 1 saturated carbocycles. The lowest BCUT2D eigenvalue weighted by Crippen LogP contribution is -2.46. The molecule has 1 fully saturated rings. The maximum Gasteiger partial charge on any atom is 0.407 e. The second kappa shape index (κ2) is 8.13. The van der Waals surface area contributed by atoms with Crippen LogP contribution in [0.2, 0.25) is 0 Å². The number of alkyl carbamates (subject to hydrolysis) is 1. The first-order chi connectivity index (χ1) is 9.30. The summed E-state index contributed by atoms with van der Waals surface area (Å²) in [6, 6.07) is 0.852. The zero-order valence-corrected chi connectivity index (χ0v) is 14.3. The predicted octanol–water partition coefficient (Wildman–Crippen LogP) is 3.16. The molecule has 0 heterocycles. The van der Waals surface area contributed by atoms with Crippen molar-refractivity contribution < 1.29 is 9.53 Å². The fourth-order valence-corrected chi connectivity index (χ4v) is 3.35. The van der Waals surface area contributed by atoms with Gasteiger partial charge in [0.1, 0.15) is 5.60 Å². The molecule has 3 unspecified atom stereocenters. The van der Waals surface area contributed by atoms with Gasteiger partial charge in [0, 0.05) is 23.9 Å². The van der Waals surface area contributed by atoms with Crippen LogP contribution in [0.1, 0.15) is 53.4 Å². The highest BCUT2D eigenvalue weighted by Gasteiger charge is 2.22. The highest BCUT2D eigenvalue weighted by molar-refractivity contribution is 7.99. The minimum Gasteiger partial charge on any atom is -0.444 e. The third kappa shape index (κ3) is 7.39. The number of carbonyl (C=O) groups excluding carboxylic acids is 1. The van der Waals surface area contributed by atoms with Crippen LogP contribution in [0.5, 0.6) is 0 Å². The summed E-state index contributed by atoms with van der Waals surface area (Å²) in [5.41, 5.74) is -0.435. The molecule has 0 aromatic carbocycles. The summed E-state index contributed by atoms with van der Waals surface area (Å²) in [5.74, 6) is 0. The van der Waals surface area contributed by atoms with E-state index in [1.165, 1.54) is 25.7 Å². The molecule has 0 aromatic rings. The van der Waals surface area contributed by atoms with E-state index >= 15 is 0 Å². The van der Waals surface area contributed by atoms with Gasteiger partial charge >= 0.3 is 6.09 Å². The van der Waals surface area contributed by atoms with Crippen molar-refractivity contribution in [3.05, 3.63) is 0 Å². The molecular weight excluding hydrogens is 272 g/mol. The van der Waals surface area contributed by atoms with E-state index in [1.807, 2.05) is 32.5 Å². The number of nitrogens with one attached hydrogen (secondary N) is 2. The van der Waals surface area contributed by atoms with Crippen LogP contribution in [0.4, 0.5) is 4.79 Å². The van der Waals surface area contributed by atoms with Crippen LogP contribution < -0.4 is 10.6 Å². The van der Waals surface area contributed by atoms with E-state index in [9.17, 15) is 4.79 Å². The van der Waals surface area contributed by atoms with Gasteiger partial charge in [0.05, 0.1) is 0 Å². The average Bonchev–Trinajstić information content (AvgIpc) is 2.34. The van der Waals surface area contributed by atoms with Gasteiger partial charge in [-0.05, 0) is 53.2 Å². The van der Waals surface area contributed by atoms with Gasteiger partial charge in [0.15, 0.2) is 0 Å². The van der Waals surface area contributed by atoms with Crippen molar-refractivity contribution in [1.82, 2.24) is 10.6 Å². The molecule has 1 rings (SSSR count). The standard InChI is InChI=1S/C15H30N2O2S/c1-11(10-16-14(18)19-15(2,3)4)17-12-7-6-8-13(9-12)20-5/h11-13,17H,6-10H2,1-5H3,(H,16,18). The van der Waals surface area contributed by atoms with Gasteiger partial charge in [-0.15, -0.1) is 0 Å². The number of rotatable bonds is 5. The summed E-state index contributed by atoms with van der Waals surface area (Å²) in [4.78, 5) is 11.6. The van der Waals surface area contributed by atoms with E-state index in [-0.39, 0.29) is 12.1 Å². The van der Waals surface area contributed by atoms with Crippen molar-refractivity contribution in [3.8, 4) is 0 Å². The second-order valence-electron chi connectivity index (χ2n) is 6.67. The SMILES string of the molecule is CSC1CCCC(NC(C)CNC(=O)OC(C)(C)C)C1. The lowest BCUT2D eigenvalue weighted by atomic mass is 9.94. The largest absolute Gasteiger partial charge is 0.444 e. The summed E-state index contributed by atoms with van der Waals surface area (Å²) >= 11 is 1.97. The lowest BCUT2D eigenvalue weighted by Gasteiger charge is -2.31. The molecule has 0 spiro atoms. The van der Waals surface area contributed by atoms with Crippen LogP contribution in [-0.2, 0) is 4.74 Å². The Balaban J connectivity index is 2.22. The quantitative estimate of drug-likeness (QED) is 0.819. The Kier molecular flexibility index (Phi) is 7.17. The Morgan fingerprint density at radius 3 is 2.70 bits per heavy atom. The molecule has 1 amide bonds. The van der Waals surface area contributed by atoms with Crippen molar-refractivity contribution in [2.75, 3.05) is 12.8 Å². The molecule has 0 bridgehead atoms. The van der Waals surface area contributed by atoms with Crippen LogP contribution in [0.25, 0.3) is 0 Å². The maximum absolute atomic E-state index is 11.6. The van der Waals surface area contributed by atoms with Crippen molar-refractivity contribution >= 4 is 17.9 Å². The van der Waals surface area contributed by atoms with E-state index in [0.29, 0.717) is 12.6 Å². The molecule has 4 nitrogen and oxygen atoms in total. The summed E-state index contributed by atoms with van der Waals surface area (Å²) < 4.78 is 5.23. The van der Waals surface area contributed by atoms with E-state index in [1.54, 1.807) is 0 Å². The Hall–Kier alpha value is -0.420. The van der Waals surface area contributed by atoms with Crippen LogP contribution >= 0.6 is 11.8 Å². The fraction of sp³-hybridized carbons (Fsp3) is 0.933. The Morgan fingerprint density at radius 2 is 2.10 bits per heavy atom. The monoisotopic (exact) mass is 302 g/mol. The predicted molar refractivity (Wildman–Crippen MR) is 86.4 cm³/mol. The number of thioether (sulfide) groups is 1. The molecule has 118 valence electrons. The summed E-state index contributed by atoms with van der Waals surface area (Å²) in [6.07, 6.45) is 6.97. The molecule has 0 saturated heterocycles. The molecule has 0 aliphatic heterocycles. The maximum atomic E-state index is 11.6. The molecule has 0 radical (unpaired) electrons. The van der Waals surface area contributed by atoms with Gasteiger partial charge in [-0.2, -0.15) is 11.8 Å². The number of ether oxygens (including phenoxy) is 1. The lowest BCUT2D eigenvalue weighted by molar-refractivity contribution is 0.0522. The Morgan fingerprint density at radius 1 is 1.40 bits per heavy atom. The van der Waals surface area contributed by atoms with Crippen molar-refractivity contribution in [2.24, 2.45) is 0 Å². The topological polar surface area (TPSA) is 50.4 Å². The molecule has 0 aromatic heterocycles. The Bertz CT molecular complexity index is 305. The first-order valence-electron chi connectivity index (χ1n) is 7.56. The van der Waals surface area contributed by atoms with Gasteiger partial charge in [-0.3, -0.25) is 0 Å². The normalized spacial score (nSPS) is 25.1. The highest BCUT2D eigenvalue weighted by Crippen LogP contribution is 2.27. The number of amides is 1. The smallest absolute Gasteiger partial charge is 0.407 e. The van der Waals surface area contributed by atoms with Gasteiger partial charge < -0.3 is 15.4 Å². The van der Waals surface area contributed by atoms with E-state index < -0.39 is 5.60 Å². The van der Waals surface area contributed by atoms with Crippen molar-refractivity contribution in [1.29, 1.82) is 0 Å². The molecule has 1 aliphatic rings. The fourth-order valence-electron chi connectivity index (χ4n) is 2.52. The molecule has 2 N–H and O–H groups in total. The van der Waals surface area contributed by atoms with E-state index in [2.05, 4.69) is 23.8 Å². The Labute approximate surface area is 127 Å². The first kappa shape index (κ1) is 17.6. The average molecular weight is 302 g/mol. The third-order valence-electron chi connectivity index (χ3n) is 3.43.